The van der Waals surface area contributed by atoms with Crippen LogP contribution in [-0.2, 0) is 13.2 Å². The van der Waals surface area contributed by atoms with E-state index in [1.807, 2.05) is 121 Å². The molecule has 0 aliphatic rings. The lowest BCUT2D eigenvalue weighted by molar-refractivity contribution is 0.306. The Morgan fingerprint density at radius 3 is 1.21 bits per heavy atom. The molecule has 0 fully saturated rings. The fourth-order valence-electron chi connectivity index (χ4n) is 3.89. The van der Waals surface area contributed by atoms with Crippen LogP contribution in [0.15, 0.2) is 109 Å². The summed E-state index contributed by atoms with van der Waals surface area (Å²) in [6.07, 6.45) is 0. The zero-order valence-electron chi connectivity index (χ0n) is 20.4. The van der Waals surface area contributed by atoms with Crippen LogP contribution in [0.3, 0.4) is 0 Å². The monoisotopic (exact) mass is 494 g/mol. The van der Waals surface area contributed by atoms with Gasteiger partial charge in [-0.1, -0.05) is 60.7 Å². The molecule has 0 bridgehead atoms. The maximum absolute atomic E-state index is 9.55. The first-order chi connectivity index (χ1) is 18.7. The van der Waals surface area contributed by atoms with Gasteiger partial charge >= 0.3 is 0 Å². The zero-order chi connectivity index (χ0) is 26.2. The van der Waals surface area contributed by atoms with E-state index in [9.17, 15) is 10.5 Å². The lowest BCUT2D eigenvalue weighted by atomic mass is 10.0. The van der Waals surface area contributed by atoms with Crippen molar-refractivity contribution in [2.75, 3.05) is 0 Å². The zero-order valence-corrected chi connectivity index (χ0v) is 20.4. The Balaban J connectivity index is 1.41. The summed E-state index contributed by atoms with van der Waals surface area (Å²) in [5.74, 6) is 1.42. The predicted molar refractivity (Wildman–Crippen MR) is 144 cm³/mol. The summed E-state index contributed by atoms with van der Waals surface area (Å²) in [4.78, 5) is 9.02. The smallest absolute Gasteiger partial charge is 0.177 e. The Bertz CT molecular complexity index is 1480. The second kappa shape index (κ2) is 11.5. The Morgan fingerprint density at radius 1 is 0.500 bits per heavy atom. The topological polar surface area (TPSA) is 91.8 Å². The molecule has 4 aromatic carbocycles. The molecule has 6 nitrogen and oxygen atoms in total. The largest absolute Gasteiger partial charge is 0.489 e. The van der Waals surface area contributed by atoms with Crippen molar-refractivity contribution in [3.05, 3.63) is 132 Å². The van der Waals surface area contributed by atoms with Gasteiger partial charge in [0.1, 0.15) is 36.9 Å². The molecule has 38 heavy (non-hydrogen) atoms. The Hall–Kier alpha value is -5.46. The number of ether oxygens (including phenoxy) is 2. The standard InChI is InChI=1S/C32H22N4O2/c33-19-29-30(20-34)36-32(26-13-17-28(18-14-26)38-22-24-9-5-2-6-10-24)31(35-29)25-11-15-27(16-12-25)37-21-23-7-3-1-4-8-23/h1-18H,21-22H2. The minimum atomic E-state index is -0.0153. The quantitative estimate of drug-likeness (QED) is 0.238. The summed E-state index contributed by atoms with van der Waals surface area (Å²) >= 11 is 0. The first-order valence-corrected chi connectivity index (χ1v) is 12.0. The van der Waals surface area contributed by atoms with Gasteiger partial charge < -0.3 is 9.47 Å². The van der Waals surface area contributed by atoms with E-state index in [-0.39, 0.29) is 11.4 Å². The molecule has 1 aromatic heterocycles. The predicted octanol–water partition coefficient (Wildman–Crippen LogP) is 6.71. The van der Waals surface area contributed by atoms with Gasteiger partial charge in [-0.05, 0) is 59.7 Å². The van der Waals surface area contributed by atoms with Gasteiger partial charge in [0, 0.05) is 11.1 Å². The Kier molecular flexibility index (Phi) is 7.35. The maximum Gasteiger partial charge on any atom is 0.177 e. The summed E-state index contributed by atoms with van der Waals surface area (Å²) in [6.45, 7) is 0.915. The molecule has 0 aliphatic carbocycles. The van der Waals surface area contributed by atoms with Gasteiger partial charge in [0.2, 0.25) is 0 Å². The molecule has 0 N–H and O–H groups in total. The van der Waals surface area contributed by atoms with E-state index in [1.54, 1.807) is 0 Å². The lowest BCUT2D eigenvalue weighted by Crippen LogP contribution is -2.01. The van der Waals surface area contributed by atoms with Gasteiger partial charge in [0.05, 0.1) is 11.4 Å². The van der Waals surface area contributed by atoms with Gasteiger partial charge in [-0.2, -0.15) is 10.5 Å². The molecule has 0 radical (unpaired) electrons. The fraction of sp³-hybridized carbons (Fsp3) is 0.0625. The van der Waals surface area contributed by atoms with Crippen molar-refractivity contribution in [2.45, 2.75) is 13.2 Å². The van der Waals surface area contributed by atoms with Crippen molar-refractivity contribution >= 4 is 0 Å². The van der Waals surface area contributed by atoms with Crippen LogP contribution in [0.1, 0.15) is 22.5 Å². The number of nitrogens with zero attached hydrogens (tertiary/aromatic N) is 4. The minimum absolute atomic E-state index is 0.0153. The Morgan fingerprint density at radius 2 is 0.868 bits per heavy atom. The number of hydrogen-bond donors (Lipinski definition) is 0. The molecule has 5 rings (SSSR count). The van der Waals surface area contributed by atoms with Crippen LogP contribution >= 0.6 is 0 Å². The van der Waals surface area contributed by atoms with E-state index >= 15 is 0 Å². The van der Waals surface area contributed by atoms with Crippen molar-refractivity contribution in [3.63, 3.8) is 0 Å². The van der Waals surface area contributed by atoms with Gasteiger partial charge in [-0.25, -0.2) is 9.97 Å². The molecule has 5 aromatic rings. The molecule has 1 heterocycles. The fourth-order valence-corrected chi connectivity index (χ4v) is 3.89. The van der Waals surface area contributed by atoms with E-state index in [1.165, 1.54) is 0 Å². The molecule has 0 amide bonds. The summed E-state index contributed by atoms with van der Waals surface area (Å²) in [5, 5.41) is 19.1. The minimum Gasteiger partial charge on any atom is -0.489 e. The first-order valence-electron chi connectivity index (χ1n) is 12.0. The van der Waals surface area contributed by atoms with Crippen LogP contribution < -0.4 is 9.47 Å². The van der Waals surface area contributed by atoms with Gasteiger partial charge in [0.15, 0.2) is 11.4 Å². The number of aromatic nitrogens is 2. The van der Waals surface area contributed by atoms with Crippen molar-refractivity contribution in [1.29, 1.82) is 10.5 Å². The highest BCUT2D eigenvalue weighted by atomic mass is 16.5. The number of benzene rings is 4. The first kappa shape index (κ1) is 24.2. The van der Waals surface area contributed by atoms with Crippen molar-refractivity contribution in [1.82, 2.24) is 9.97 Å². The lowest BCUT2D eigenvalue weighted by Gasteiger charge is -2.12. The average molecular weight is 495 g/mol. The number of nitriles is 2. The van der Waals surface area contributed by atoms with E-state index in [0.717, 1.165) is 22.3 Å². The van der Waals surface area contributed by atoms with E-state index < -0.39 is 0 Å². The van der Waals surface area contributed by atoms with E-state index in [2.05, 4.69) is 9.97 Å². The second-order valence-corrected chi connectivity index (χ2v) is 8.44. The maximum atomic E-state index is 9.55. The van der Waals surface area contributed by atoms with E-state index in [4.69, 9.17) is 9.47 Å². The van der Waals surface area contributed by atoms with Crippen molar-refractivity contribution < 1.29 is 9.47 Å². The summed E-state index contributed by atoms with van der Waals surface area (Å²) < 4.78 is 11.8. The summed E-state index contributed by atoms with van der Waals surface area (Å²) in [6, 6.07) is 38.8. The van der Waals surface area contributed by atoms with Crippen LogP contribution in [0.4, 0.5) is 0 Å². The molecule has 0 saturated heterocycles. The van der Waals surface area contributed by atoms with Gasteiger partial charge in [-0.3, -0.25) is 0 Å². The van der Waals surface area contributed by atoms with Crippen molar-refractivity contribution in [3.8, 4) is 46.2 Å². The molecule has 0 spiro atoms. The second-order valence-electron chi connectivity index (χ2n) is 8.44. The molecule has 0 unspecified atom stereocenters. The third-order valence-corrected chi connectivity index (χ3v) is 5.86. The molecule has 6 heteroatoms. The van der Waals surface area contributed by atoms with Gasteiger partial charge in [-0.15, -0.1) is 0 Å². The highest BCUT2D eigenvalue weighted by molar-refractivity contribution is 5.79. The van der Waals surface area contributed by atoms with Crippen LogP contribution in [0, 0.1) is 22.7 Å². The molecule has 0 aliphatic heterocycles. The third kappa shape index (κ3) is 5.67. The van der Waals surface area contributed by atoms with Crippen LogP contribution in [0.25, 0.3) is 22.5 Å². The molecular formula is C32H22N4O2. The molecular weight excluding hydrogens is 472 g/mol. The van der Waals surface area contributed by atoms with Crippen LogP contribution in [-0.4, -0.2) is 9.97 Å². The molecule has 0 atom stereocenters. The van der Waals surface area contributed by atoms with Crippen LogP contribution in [0.2, 0.25) is 0 Å². The average Bonchev–Trinajstić information content (AvgIpc) is 3.00. The SMILES string of the molecule is N#Cc1nc(-c2ccc(OCc3ccccc3)cc2)c(-c2ccc(OCc3ccccc3)cc2)nc1C#N. The Labute approximate surface area is 221 Å². The number of rotatable bonds is 8. The summed E-state index contributed by atoms with van der Waals surface area (Å²) in [5.41, 5.74) is 4.64. The van der Waals surface area contributed by atoms with Crippen LogP contribution in [0.5, 0.6) is 11.5 Å². The molecule has 0 saturated carbocycles. The molecule has 182 valence electrons. The van der Waals surface area contributed by atoms with Gasteiger partial charge in [0.25, 0.3) is 0 Å². The highest BCUT2D eigenvalue weighted by Crippen LogP contribution is 2.32. The van der Waals surface area contributed by atoms with E-state index in [0.29, 0.717) is 36.1 Å². The third-order valence-electron chi connectivity index (χ3n) is 5.86. The summed E-state index contributed by atoms with van der Waals surface area (Å²) in [7, 11) is 0. The highest BCUT2D eigenvalue weighted by Gasteiger charge is 2.17. The van der Waals surface area contributed by atoms with Crippen molar-refractivity contribution in [2.24, 2.45) is 0 Å². The normalized spacial score (nSPS) is 10.3. The number of hydrogen-bond acceptors (Lipinski definition) is 6.